The van der Waals surface area contributed by atoms with E-state index in [4.69, 9.17) is 14.2 Å². The van der Waals surface area contributed by atoms with Crippen LogP contribution in [0.3, 0.4) is 0 Å². The molecule has 2 heterocycles. The third kappa shape index (κ3) is 4.02. The molecule has 166 valence electrons. The SMILES string of the molecule is COCc1nn2c(c1-c1ccc(OC)c(OC)c1)NC(=O)C2CC(=O)Nc1ccccc1. The summed E-state index contributed by atoms with van der Waals surface area (Å²) >= 11 is 0. The Labute approximate surface area is 185 Å². The number of methoxy groups -OCH3 is 3. The second-order valence-corrected chi connectivity index (χ2v) is 7.24. The van der Waals surface area contributed by atoms with Crippen LogP contribution in [0, 0.1) is 0 Å². The van der Waals surface area contributed by atoms with E-state index in [1.165, 1.54) is 0 Å². The molecule has 2 aromatic carbocycles. The smallest absolute Gasteiger partial charge is 0.251 e. The van der Waals surface area contributed by atoms with E-state index in [2.05, 4.69) is 15.7 Å². The molecule has 0 fully saturated rings. The van der Waals surface area contributed by atoms with Gasteiger partial charge < -0.3 is 24.8 Å². The highest BCUT2D eigenvalue weighted by Gasteiger charge is 2.37. The van der Waals surface area contributed by atoms with Gasteiger partial charge in [0, 0.05) is 12.8 Å². The summed E-state index contributed by atoms with van der Waals surface area (Å²) in [5, 5.41) is 10.3. The fourth-order valence-electron chi connectivity index (χ4n) is 3.76. The van der Waals surface area contributed by atoms with Crippen LogP contribution in [0.15, 0.2) is 48.5 Å². The zero-order valence-electron chi connectivity index (χ0n) is 18.0. The summed E-state index contributed by atoms with van der Waals surface area (Å²) in [6, 6.07) is 13.8. The number of nitrogens with one attached hydrogen (secondary N) is 2. The van der Waals surface area contributed by atoms with Crippen LogP contribution in [-0.2, 0) is 20.9 Å². The van der Waals surface area contributed by atoms with Gasteiger partial charge in [0.25, 0.3) is 5.91 Å². The number of hydrogen-bond acceptors (Lipinski definition) is 6. The van der Waals surface area contributed by atoms with E-state index in [1.54, 1.807) is 44.2 Å². The first-order chi connectivity index (χ1) is 15.5. The van der Waals surface area contributed by atoms with Crippen molar-refractivity contribution in [2.24, 2.45) is 0 Å². The standard InChI is InChI=1S/C23H24N4O5/c1-30-13-16-21(14-9-10-18(31-2)19(11-14)32-3)22-25-23(29)17(27(22)26-16)12-20(28)24-15-7-5-4-6-8-15/h4-11,17H,12-13H2,1-3H3,(H,24,28)(H,25,29). The average molecular weight is 436 g/mol. The van der Waals surface area contributed by atoms with Gasteiger partial charge in [-0.15, -0.1) is 0 Å². The Morgan fingerprint density at radius 2 is 1.84 bits per heavy atom. The van der Waals surface area contributed by atoms with Crippen LogP contribution in [0.4, 0.5) is 11.5 Å². The summed E-state index contributed by atoms with van der Waals surface area (Å²) in [5.41, 5.74) is 2.81. The van der Waals surface area contributed by atoms with Crippen LogP contribution in [-0.4, -0.2) is 42.9 Å². The first kappa shape index (κ1) is 21.4. The molecule has 0 bridgehead atoms. The maximum atomic E-state index is 12.7. The third-order valence-corrected chi connectivity index (χ3v) is 5.21. The first-order valence-corrected chi connectivity index (χ1v) is 10.0. The number of nitrogens with zero attached hydrogens (tertiary/aromatic N) is 2. The molecule has 1 aromatic heterocycles. The molecule has 32 heavy (non-hydrogen) atoms. The van der Waals surface area contributed by atoms with Gasteiger partial charge in [0.05, 0.1) is 38.5 Å². The molecule has 1 aliphatic heterocycles. The Balaban J connectivity index is 1.67. The molecule has 0 aliphatic carbocycles. The molecule has 0 saturated heterocycles. The summed E-state index contributed by atoms with van der Waals surface area (Å²) in [7, 11) is 4.70. The van der Waals surface area contributed by atoms with Crippen molar-refractivity contribution in [2.75, 3.05) is 32.0 Å². The fraction of sp³-hybridized carbons (Fsp3) is 0.261. The Hall–Kier alpha value is -3.85. The molecule has 1 aliphatic rings. The minimum atomic E-state index is -0.766. The van der Waals surface area contributed by atoms with Gasteiger partial charge in [-0.3, -0.25) is 9.59 Å². The summed E-state index contributed by atoms with van der Waals surface area (Å²) in [4.78, 5) is 25.3. The number of ether oxygens (including phenoxy) is 3. The van der Waals surface area contributed by atoms with Gasteiger partial charge in [-0.1, -0.05) is 24.3 Å². The highest BCUT2D eigenvalue weighted by atomic mass is 16.5. The van der Waals surface area contributed by atoms with Crippen molar-refractivity contribution in [2.45, 2.75) is 19.1 Å². The number of hydrogen-bond donors (Lipinski definition) is 2. The van der Waals surface area contributed by atoms with E-state index in [9.17, 15) is 9.59 Å². The van der Waals surface area contributed by atoms with Gasteiger partial charge >= 0.3 is 0 Å². The Kier molecular flexibility index (Phi) is 6.09. The van der Waals surface area contributed by atoms with Crippen molar-refractivity contribution in [3.8, 4) is 22.6 Å². The van der Waals surface area contributed by atoms with Gasteiger partial charge in [0.15, 0.2) is 11.5 Å². The number of amides is 2. The molecule has 1 unspecified atom stereocenters. The monoisotopic (exact) mass is 436 g/mol. The molecule has 2 N–H and O–H groups in total. The van der Waals surface area contributed by atoms with Crippen LogP contribution in [0.2, 0.25) is 0 Å². The molecule has 9 heteroatoms. The quantitative estimate of drug-likeness (QED) is 0.562. The Morgan fingerprint density at radius 3 is 2.53 bits per heavy atom. The van der Waals surface area contributed by atoms with E-state index < -0.39 is 6.04 Å². The largest absolute Gasteiger partial charge is 0.493 e. The van der Waals surface area contributed by atoms with E-state index in [-0.39, 0.29) is 24.8 Å². The lowest BCUT2D eigenvalue weighted by atomic mass is 10.0. The van der Waals surface area contributed by atoms with E-state index in [0.29, 0.717) is 34.3 Å². The van der Waals surface area contributed by atoms with Crippen LogP contribution in [0.1, 0.15) is 18.2 Å². The molecular formula is C23H24N4O5. The number of carbonyl (C=O) groups excluding carboxylic acids is 2. The molecule has 2 amide bonds. The highest BCUT2D eigenvalue weighted by Crippen LogP contribution is 2.41. The maximum Gasteiger partial charge on any atom is 0.251 e. The van der Waals surface area contributed by atoms with Crippen LogP contribution in [0.5, 0.6) is 11.5 Å². The molecule has 0 saturated carbocycles. The zero-order valence-corrected chi connectivity index (χ0v) is 18.0. The second kappa shape index (κ2) is 9.11. The van der Waals surface area contributed by atoms with Crippen LogP contribution in [0.25, 0.3) is 11.1 Å². The Bertz CT molecular complexity index is 1140. The highest BCUT2D eigenvalue weighted by molar-refractivity contribution is 6.04. The average Bonchev–Trinajstić information content (AvgIpc) is 3.29. The molecule has 3 aromatic rings. The van der Waals surface area contributed by atoms with Crippen molar-refractivity contribution in [3.63, 3.8) is 0 Å². The minimum absolute atomic E-state index is 0.0484. The van der Waals surface area contributed by atoms with Gasteiger partial charge in [0.2, 0.25) is 5.91 Å². The van der Waals surface area contributed by atoms with Gasteiger partial charge in [-0.05, 0) is 29.8 Å². The summed E-state index contributed by atoms with van der Waals surface area (Å²) in [6.07, 6.45) is -0.0484. The van der Waals surface area contributed by atoms with Gasteiger partial charge in [-0.2, -0.15) is 5.10 Å². The van der Waals surface area contributed by atoms with E-state index >= 15 is 0 Å². The Morgan fingerprint density at radius 1 is 1.09 bits per heavy atom. The predicted octanol–water partition coefficient (Wildman–Crippen LogP) is 3.24. The number of rotatable bonds is 8. The minimum Gasteiger partial charge on any atom is -0.493 e. The molecule has 1 atom stereocenters. The van der Waals surface area contributed by atoms with Crippen molar-refractivity contribution < 1.29 is 23.8 Å². The molecule has 0 radical (unpaired) electrons. The summed E-state index contributed by atoms with van der Waals surface area (Å²) in [5.74, 6) is 1.10. The molecule has 9 nitrogen and oxygen atoms in total. The van der Waals surface area contributed by atoms with Gasteiger partial charge in [-0.25, -0.2) is 4.68 Å². The lowest BCUT2D eigenvalue weighted by Crippen LogP contribution is -2.24. The number of carbonyl (C=O) groups is 2. The molecule has 0 spiro atoms. The van der Waals surface area contributed by atoms with E-state index in [0.717, 1.165) is 5.56 Å². The second-order valence-electron chi connectivity index (χ2n) is 7.24. The molecule has 4 rings (SSSR count). The van der Waals surface area contributed by atoms with Crippen molar-refractivity contribution in [3.05, 3.63) is 54.2 Å². The van der Waals surface area contributed by atoms with E-state index in [1.807, 2.05) is 30.3 Å². The topological polar surface area (TPSA) is 104 Å². The van der Waals surface area contributed by atoms with Crippen molar-refractivity contribution in [1.82, 2.24) is 9.78 Å². The van der Waals surface area contributed by atoms with Gasteiger partial charge in [0.1, 0.15) is 11.9 Å². The number of anilines is 2. The maximum absolute atomic E-state index is 12.7. The summed E-state index contributed by atoms with van der Waals surface area (Å²) < 4.78 is 17.6. The lowest BCUT2D eigenvalue weighted by molar-refractivity contribution is -0.123. The number of benzene rings is 2. The zero-order chi connectivity index (χ0) is 22.7. The predicted molar refractivity (Wildman–Crippen MR) is 119 cm³/mol. The summed E-state index contributed by atoms with van der Waals surface area (Å²) in [6.45, 7) is 0.239. The van der Waals surface area contributed by atoms with Crippen LogP contribution < -0.4 is 20.1 Å². The lowest BCUT2D eigenvalue weighted by Gasteiger charge is -2.11. The van der Waals surface area contributed by atoms with Crippen LogP contribution >= 0.6 is 0 Å². The first-order valence-electron chi connectivity index (χ1n) is 10.0. The third-order valence-electron chi connectivity index (χ3n) is 5.21. The van der Waals surface area contributed by atoms with Crippen molar-refractivity contribution >= 4 is 23.3 Å². The number of aromatic nitrogens is 2. The number of fused-ring (bicyclic) bond motifs is 1. The molecular weight excluding hydrogens is 412 g/mol. The van der Waals surface area contributed by atoms with Crippen molar-refractivity contribution in [1.29, 1.82) is 0 Å². The normalized spacial score (nSPS) is 14.6. The fourth-order valence-corrected chi connectivity index (χ4v) is 3.76. The number of para-hydroxylation sites is 1.